The van der Waals surface area contributed by atoms with E-state index in [-0.39, 0.29) is 6.61 Å². The molecule has 0 aliphatic carbocycles. The minimum absolute atomic E-state index is 0.191. The van der Waals surface area contributed by atoms with Gasteiger partial charge in [0.2, 0.25) is 0 Å². The summed E-state index contributed by atoms with van der Waals surface area (Å²) in [5, 5.41) is 8.90. The molecule has 1 aliphatic heterocycles. The third-order valence-electron chi connectivity index (χ3n) is 3.57. The Labute approximate surface area is 123 Å². The van der Waals surface area contributed by atoms with Crippen LogP contribution in [0.2, 0.25) is 0 Å². The van der Waals surface area contributed by atoms with Crippen molar-refractivity contribution < 1.29 is 9.84 Å². The number of thioether (sulfide) groups is 1. The highest BCUT2D eigenvalue weighted by Gasteiger charge is 2.23. The third kappa shape index (κ3) is 3.00. The molecule has 1 aliphatic rings. The Morgan fingerprint density at radius 1 is 1.10 bits per heavy atom. The largest absolute Gasteiger partial charge is 0.493 e. The molecule has 0 bridgehead atoms. The Morgan fingerprint density at radius 2 is 1.90 bits per heavy atom. The van der Waals surface area contributed by atoms with Gasteiger partial charge in [0.15, 0.2) is 0 Å². The van der Waals surface area contributed by atoms with E-state index in [1.165, 1.54) is 10.5 Å². The Hall–Kier alpha value is -1.45. The first-order valence-electron chi connectivity index (χ1n) is 6.91. The van der Waals surface area contributed by atoms with Gasteiger partial charge in [-0.2, -0.15) is 0 Å². The molecule has 0 fully saturated rings. The molecule has 2 aromatic carbocycles. The predicted molar refractivity (Wildman–Crippen MR) is 82.6 cm³/mol. The summed E-state index contributed by atoms with van der Waals surface area (Å²) >= 11 is 1.91. The highest BCUT2D eigenvalue weighted by molar-refractivity contribution is 7.99. The minimum atomic E-state index is 0.191. The maximum absolute atomic E-state index is 8.90. The molecule has 1 unspecified atom stereocenters. The Kier molecular flexibility index (Phi) is 4.28. The number of aliphatic hydroxyl groups excluding tert-OH is 1. The van der Waals surface area contributed by atoms with Crippen LogP contribution in [0.4, 0.5) is 0 Å². The van der Waals surface area contributed by atoms with Gasteiger partial charge in [0.25, 0.3) is 0 Å². The van der Waals surface area contributed by atoms with Gasteiger partial charge in [-0.25, -0.2) is 0 Å². The number of rotatable bonds is 5. The lowest BCUT2D eigenvalue weighted by atomic mass is 10.0. The summed E-state index contributed by atoms with van der Waals surface area (Å²) in [6, 6.07) is 16.6. The number of hydrogen-bond acceptors (Lipinski definition) is 3. The van der Waals surface area contributed by atoms with E-state index in [0.29, 0.717) is 12.3 Å². The zero-order valence-corrected chi connectivity index (χ0v) is 12.1. The standard InChI is InChI=1S/C17H18O2S/c18-10-9-13-5-7-15(8-6-13)19-11-14-12-20-17-4-2-1-3-16(14)17/h1-8,14,18H,9-12H2. The van der Waals surface area contributed by atoms with Crippen molar-refractivity contribution in [2.45, 2.75) is 17.2 Å². The number of benzene rings is 2. The Balaban J connectivity index is 1.60. The molecule has 3 heteroatoms. The molecule has 0 radical (unpaired) electrons. The minimum Gasteiger partial charge on any atom is -0.493 e. The molecule has 0 amide bonds. The molecular formula is C17H18O2S. The highest BCUT2D eigenvalue weighted by atomic mass is 32.2. The van der Waals surface area contributed by atoms with Gasteiger partial charge in [0, 0.05) is 23.2 Å². The number of hydrogen-bond donors (Lipinski definition) is 1. The lowest BCUT2D eigenvalue weighted by Gasteiger charge is -2.13. The second kappa shape index (κ2) is 6.33. The molecule has 1 N–H and O–H groups in total. The zero-order valence-electron chi connectivity index (χ0n) is 11.3. The fourth-order valence-electron chi connectivity index (χ4n) is 2.45. The van der Waals surface area contributed by atoms with Crippen LogP contribution in [0.5, 0.6) is 5.75 Å². The van der Waals surface area contributed by atoms with Crippen molar-refractivity contribution in [3.63, 3.8) is 0 Å². The van der Waals surface area contributed by atoms with Gasteiger partial charge in [-0.3, -0.25) is 0 Å². The van der Waals surface area contributed by atoms with Crippen molar-refractivity contribution in [1.29, 1.82) is 0 Å². The van der Waals surface area contributed by atoms with Crippen molar-refractivity contribution in [2.75, 3.05) is 19.0 Å². The van der Waals surface area contributed by atoms with Crippen LogP contribution < -0.4 is 4.74 Å². The molecule has 0 saturated heterocycles. The van der Waals surface area contributed by atoms with Crippen LogP contribution in [0.15, 0.2) is 53.4 Å². The lowest BCUT2D eigenvalue weighted by Crippen LogP contribution is -2.09. The molecular weight excluding hydrogens is 268 g/mol. The van der Waals surface area contributed by atoms with Gasteiger partial charge >= 0.3 is 0 Å². The summed E-state index contributed by atoms with van der Waals surface area (Å²) in [4.78, 5) is 1.39. The maximum atomic E-state index is 8.90. The quantitative estimate of drug-likeness (QED) is 0.912. The molecule has 1 atom stereocenters. The average Bonchev–Trinajstić information content (AvgIpc) is 2.90. The van der Waals surface area contributed by atoms with Crippen molar-refractivity contribution in [2.24, 2.45) is 0 Å². The maximum Gasteiger partial charge on any atom is 0.119 e. The smallest absolute Gasteiger partial charge is 0.119 e. The average molecular weight is 286 g/mol. The van der Waals surface area contributed by atoms with E-state index < -0.39 is 0 Å². The van der Waals surface area contributed by atoms with E-state index in [4.69, 9.17) is 9.84 Å². The summed E-state index contributed by atoms with van der Waals surface area (Å²) in [5.74, 6) is 2.48. The summed E-state index contributed by atoms with van der Waals surface area (Å²) < 4.78 is 5.90. The predicted octanol–water partition coefficient (Wildman–Crippen LogP) is 3.49. The topological polar surface area (TPSA) is 29.5 Å². The third-order valence-corrected chi connectivity index (χ3v) is 4.83. The van der Waals surface area contributed by atoms with Gasteiger partial charge in [-0.15, -0.1) is 11.8 Å². The zero-order chi connectivity index (χ0) is 13.8. The van der Waals surface area contributed by atoms with E-state index in [1.54, 1.807) is 0 Å². The fraction of sp³-hybridized carbons (Fsp3) is 0.294. The highest BCUT2D eigenvalue weighted by Crippen LogP contribution is 2.39. The monoisotopic (exact) mass is 286 g/mol. The van der Waals surface area contributed by atoms with Crippen LogP contribution in [0, 0.1) is 0 Å². The molecule has 0 saturated carbocycles. The molecule has 0 aromatic heterocycles. The van der Waals surface area contributed by atoms with Gasteiger partial charge in [-0.1, -0.05) is 30.3 Å². The van der Waals surface area contributed by atoms with Crippen LogP contribution in [0.1, 0.15) is 17.0 Å². The van der Waals surface area contributed by atoms with Crippen LogP contribution in [0.25, 0.3) is 0 Å². The first-order valence-corrected chi connectivity index (χ1v) is 7.89. The van der Waals surface area contributed by atoms with Crippen molar-refractivity contribution in [1.82, 2.24) is 0 Å². The fourth-order valence-corrected chi connectivity index (χ4v) is 3.68. The van der Waals surface area contributed by atoms with Crippen LogP contribution in [0.3, 0.4) is 0 Å². The van der Waals surface area contributed by atoms with Gasteiger partial charge < -0.3 is 9.84 Å². The van der Waals surface area contributed by atoms with E-state index >= 15 is 0 Å². The van der Waals surface area contributed by atoms with Crippen molar-refractivity contribution >= 4 is 11.8 Å². The Bertz CT molecular complexity index is 565. The summed E-state index contributed by atoms with van der Waals surface area (Å²) in [6.45, 7) is 0.916. The summed E-state index contributed by atoms with van der Waals surface area (Å²) in [6.07, 6.45) is 0.701. The van der Waals surface area contributed by atoms with Crippen LogP contribution in [-0.4, -0.2) is 24.1 Å². The molecule has 2 aromatic rings. The van der Waals surface area contributed by atoms with E-state index in [0.717, 1.165) is 23.7 Å². The van der Waals surface area contributed by atoms with Crippen molar-refractivity contribution in [3.05, 3.63) is 59.7 Å². The number of ether oxygens (including phenoxy) is 1. The molecule has 2 nitrogen and oxygen atoms in total. The molecule has 0 spiro atoms. The first-order chi connectivity index (χ1) is 9.86. The molecule has 104 valence electrons. The summed E-state index contributed by atoms with van der Waals surface area (Å²) in [5.41, 5.74) is 2.55. The second-order valence-corrected chi connectivity index (χ2v) is 6.04. The number of aliphatic hydroxyl groups is 1. The normalized spacial score (nSPS) is 16.9. The van der Waals surface area contributed by atoms with Crippen LogP contribution >= 0.6 is 11.8 Å². The number of fused-ring (bicyclic) bond motifs is 1. The first kappa shape index (κ1) is 13.5. The van der Waals surface area contributed by atoms with Gasteiger partial charge in [0.05, 0.1) is 6.61 Å². The van der Waals surface area contributed by atoms with E-state index in [9.17, 15) is 0 Å². The summed E-state index contributed by atoms with van der Waals surface area (Å²) in [7, 11) is 0. The SMILES string of the molecule is OCCc1ccc(OCC2CSc3ccccc32)cc1. The van der Waals surface area contributed by atoms with E-state index in [1.807, 2.05) is 36.0 Å². The lowest BCUT2D eigenvalue weighted by molar-refractivity contribution is 0.295. The van der Waals surface area contributed by atoms with E-state index in [2.05, 4.69) is 24.3 Å². The van der Waals surface area contributed by atoms with Crippen molar-refractivity contribution in [3.8, 4) is 5.75 Å². The Morgan fingerprint density at radius 3 is 2.70 bits per heavy atom. The molecule has 1 heterocycles. The van der Waals surface area contributed by atoms with Gasteiger partial charge in [0.1, 0.15) is 5.75 Å². The second-order valence-electron chi connectivity index (χ2n) is 4.97. The molecule has 20 heavy (non-hydrogen) atoms. The van der Waals surface area contributed by atoms with Gasteiger partial charge in [-0.05, 0) is 35.7 Å². The molecule has 3 rings (SSSR count). The van der Waals surface area contributed by atoms with Crippen LogP contribution in [-0.2, 0) is 6.42 Å².